The van der Waals surface area contributed by atoms with Gasteiger partial charge in [0, 0.05) is 36.9 Å². The van der Waals surface area contributed by atoms with Crippen LogP contribution in [-0.4, -0.2) is 35.6 Å². The normalized spacial score (nSPS) is 14.5. The number of nitrogens with two attached hydrogens (primary N) is 1. The SMILES string of the molecule is CC(C)(C)c1ccc(N(Cc2ccncc2)c2ncccc2C(N)=O)cc1OCC1CCNCC1. The third-order valence-electron chi connectivity index (χ3n) is 6.42. The van der Waals surface area contributed by atoms with Gasteiger partial charge in [0.05, 0.1) is 12.2 Å². The largest absolute Gasteiger partial charge is 0.493 e. The molecule has 4 rings (SSSR count). The van der Waals surface area contributed by atoms with Gasteiger partial charge in [-0.05, 0) is 78.7 Å². The van der Waals surface area contributed by atoms with Gasteiger partial charge < -0.3 is 20.7 Å². The minimum Gasteiger partial charge on any atom is -0.493 e. The Bertz CT molecular complexity index is 1140. The van der Waals surface area contributed by atoms with E-state index in [0.29, 0.717) is 30.5 Å². The van der Waals surface area contributed by atoms with Gasteiger partial charge in [-0.2, -0.15) is 0 Å². The summed E-state index contributed by atoms with van der Waals surface area (Å²) in [7, 11) is 0. The number of piperidine rings is 1. The zero-order valence-electron chi connectivity index (χ0n) is 20.8. The van der Waals surface area contributed by atoms with Gasteiger partial charge >= 0.3 is 0 Å². The summed E-state index contributed by atoms with van der Waals surface area (Å²) in [6.07, 6.45) is 7.44. The van der Waals surface area contributed by atoms with Gasteiger partial charge in [0.1, 0.15) is 11.6 Å². The molecule has 1 aromatic carbocycles. The maximum atomic E-state index is 12.3. The number of primary amides is 1. The Morgan fingerprint density at radius 3 is 2.54 bits per heavy atom. The molecular formula is C28H35N5O2. The highest BCUT2D eigenvalue weighted by molar-refractivity contribution is 5.98. The number of rotatable bonds is 8. The molecule has 0 bridgehead atoms. The van der Waals surface area contributed by atoms with E-state index >= 15 is 0 Å². The lowest BCUT2D eigenvalue weighted by atomic mass is 9.86. The molecule has 1 fully saturated rings. The topological polar surface area (TPSA) is 93.4 Å². The highest BCUT2D eigenvalue weighted by atomic mass is 16.5. The van der Waals surface area contributed by atoms with Crippen LogP contribution in [0.3, 0.4) is 0 Å². The number of benzene rings is 1. The first-order valence-electron chi connectivity index (χ1n) is 12.2. The molecule has 2 aromatic heterocycles. The molecule has 1 amide bonds. The molecule has 184 valence electrons. The number of pyridine rings is 2. The van der Waals surface area contributed by atoms with Crippen LogP contribution in [0.15, 0.2) is 61.1 Å². The predicted octanol–water partition coefficient (Wildman–Crippen LogP) is 4.59. The second kappa shape index (κ2) is 10.9. The second-order valence-corrected chi connectivity index (χ2v) is 10.1. The average molecular weight is 474 g/mol. The third kappa shape index (κ3) is 6.17. The van der Waals surface area contributed by atoms with Crippen molar-refractivity contribution in [2.24, 2.45) is 11.7 Å². The molecule has 0 spiro atoms. The van der Waals surface area contributed by atoms with Crippen molar-refractivity contribution in [2.75, 3.05) is 24.6 Å². The van der Waals surface area contributed by atoms with E-state index in [1.807, 2.05) is 17.0 Å². The first-order valence-corrected chi connectivity index (χ1v) is 12.2. The smallest absolute Gasteiger partial charge is 0.252 e. The first-order chi connectivity index (χ1) is 16.8. The van der Waals surface area contributed by atoms with Crippen molar-refractivity contribution in [1.29, 1.82) is 0 Å². The van der Waals surface area contributed by atoms with E-state index in [-0.39, 0.29) is 5.41 Å². The molecule has 1 aliphatic heterocycles. The van der Waals surface area contributed by atoms with E-state index in [0.717, 1.165) is 48.5 Å². The van der Waals surface area contributed by atoms with Crippen LogP contribution < -0.4 is 20.7 Å². The van der Waals surface area contributed by atoms with Crippen LogP contribution in [0.1, 0.15) is 55.1 Å². The summed E-state index contributed by atoms with van der Waals surface area (Å²) in [5.41, 5.74) is 9.09. The molecule has 0 radical (unpaired) electrons. The zero-order chi connectivity index (χ0) is 24.8. The third-order valence-corrected chi connectivity index (χ3v) is 6.42. The fourth-order valence-electron chi connectivity index (χ4n) is 4.44. The number of amides is 1. The molecule has 1 aliphatic rings. The molecule has 3 N–H and O–H groups in total. The minimum absolute atomic E-state index is 0.0820. The van der Waals surface area contributed by atoms with E-state index in [9.17, 15) is 4.79 Å². The van der Waals surface area contributed by atoms with Crippen LogP contribution in [0.2, 0.25) is 0 Å². The highest BCUT2D eigenvalue weighted by Crippen LogP contribution is 2.38. The summed E-state index contributed by atoms with van der Waals surface area (Å²) in [6.45, 7) is 9.84. The lowest BCUT2D eigenvalue weighted by molar-refractivity contribution is 0.100. The van der Waals surface area contributed by atoms with Gasteiger partial charge in [0.15, 0.2) is 0 Å². The summed E-state index contributed by atoms with van der Waals surface area (Å²) >= 11 is 0. The van der Waals surface area contributed by atoms with E-state index in [2.05, 4.69) is 54.3 Å². The Balaban J connectivity index is 1.75. The molecule has 0 unspecified atom stereocenters. The van der Waals surface area contributed by atoms with Crippen molar-refractivity contribution in [1.82, 2.24) is 15.3 Å². The summed E-state index contributed by atoms with van der Waals surface area (Å²) in [4.78, 5) is 23.0. The molecular weight excluding hydrogens is 438 g/mol. The Labute approximate surface area is 207 Å². The number of nitrogens with one attached hydrogen (secondary N) is 1. The molecule has 0 saturated carbocycles. The van der Waals surface area contributed by atoms with E-state index < -0.39 is 5.91 Å². The summed E-state index contributed by atoms with van der Waals surface area (Å²) < 4.78 is 6.48. The van der Waals surface area contributed by atoms with Crippen molar-refractivity contribution in [3.05, 3.63) is 77.7 Å². The van der Waals surface area contributed by atoms with Crippen molar-refractivity contribution in [2.45, 2.75) is 45.6 Å². The maximum Gasteiger partial charge on any atom is 0.252 e. The lowest BCUT2D eigenvalue weighted by Gasteiger charge is -2.30. The Morgan fingerprint density at radius 2 is 1.86 bits per heavy atom. The molecule has 7 heteroatoms. The molecule has 7 nitrogen and oxygen atoms in total. The molecule has 35 heavy (non-hydrogen) atoms. The van der Waals surface area contributed by atoms with Gasteiger partial charge in [-0.3, -0.25) is 9.78 Å². The predicted molar refractivity (Wildman–Crippen MR) is 139 cm³/mol. The number of carbonyl (C=O) groups is 1. The van der Waals surface area contributed by atoms with E-state index in [4.69, 9.17) is 10.5 Å². The van der Waals surface area contributed by atoms with Crippen LogP contribution in [0.5, 0.6) is 5.75 Å². The van der Waals surface area contributed by atoms with E-state index in [1.54, 1.807) is 30.7 Å². The summed E-state index contributed by atoms with van der Waals surface area (Å²) in [5.74, 6) is 1.41. The molecule has 3 heterocycles. The lowest BCUT2D eigenvalue weighted by Crippen LogP contribution is -2.31. The fraction of sp³-hybridized carbons (Fsp3) is 0.393. The number of aromatic nitrogens is 2. The Morgan fingerprint density at radius 1 is 1.11 bits per heavy atom. The molecule has 3 aromatic rings. The van der Waals surface area contributed by atoms with Crippen molar-refractivity contribution in [3.8, 4) is 5.75 Å². The van der Waals surface area contributed by atoms with Crippen molar-refractivity contribution < 1.29 is 9.53 Å². The molecule has 0 aliphatic carbocycles. The maximum absolute atomic E-state index is 12.3. The van der Waals surface area contributed by atoms with Crippen LogP contribution in [0.25, 0.3) is 0 Å². The molecule has 0 atom stereocenters. The Kier molecular flexibility index (Phi) is 7.66. The average Bonchev–Trinajstić information content (AvgIpc) is 2.86. The van der Waals surface area contributed by atoms with Crippen LogP contribution in [0.4, 0.5) is 11.5 Å². The van der Waals surface area contributed by atoms with Crippen LogP contribution >= 0.6 is 0 Å². The van der Waals surface area contributed by atoms with E-state index in [1.165, 1.54) is 0 Å². The number of nitrogens with zero attached hydrogens (tertiary/aromatic N) is 3. The van der Waals surface area contributed by atoms with Gasteiger partial charge in [-0.15, -0.1) is 0 Å². The van der Waals surface area contributed by atoms with Crippen molar-refractivity contribution >= 4 is 17.4 Å². The first kappa shape index (κ1) is 24.7. The standard InChI is InChI=1S/C28H35N5O2/c1-28(2,3)24-7-6-22(17-25(24)35-19-21-10-15-31-16-11-21)33(18-20-8-13-30-14-9-20)27-23(26(29)34)5-4-12-32-27/h4-9,12-14,17,21,31H,10-11,15-16,18-19H2,1-3H3,(H2,29,34). The number of anilines is 2. The van der Waals surface area contributed by atoms with Gasteiger partial charge in [-0.25, -0.2) is 4.98 Å². The number of hydrogen-bond donors (Lipinski definition) is 2. The van der Waals surface area contributed by atoms with Crippen LogP contribution in [0, 0.1) is 5.92 Å². The summed E-state index contributed by atoms with van der Waals surface area (Å²) in [6, 6.07) is 13.6. The number of carbonyl (C=O) groups excluding carboxylic acids is 1. The monoisotopic (exact) mass is 473 g/mol. The minimum atomic E-state index is -0.512. The quantitative estimate of drug-likeness (QED) is 0.497. The van der Waals surface area contributed by atoms with Gasteiger partial charge in [0.2, 0.25) is 0 Å². The van der Waals surface area contributed by atoms with Gasteiger partial charge in [-0.1, -0.05) is 26.8 Å². The fourth-order valence-corrected chi connectivity index (χ4v) is 4.44. The highest BCUT2D eigenvalue weighted by Gasteiger charge is 2.24. The van der Waals surface area contributed by atoms with Crippen LogP contribution in [-0.2, 0) is 12.0 Å². The van der Waals surface area contributed by atoms with Crippen molar-refractivity contribution in [3.63, 3.8) is 0 Å². The van der Waals surface area contributed by atoms with Gasteiger partial charge in [0.25, 0.3) is 5.91 Å². The zero-order valence-corrected chi connectivity index (χ0v) is 20.8. The summed E-state index contributed by atoms with van der Waals surface area (Å²) in [5, 5.41) is 3.42. The second-order valence-electron chi connectivity index (χ2n) is 10.1. The number of hydrogen-bond acceptors (Lipinski definition) is 6. The Hall–Kier alpha value is -3.45. The molecule has 1 saturated heterocycles. The number of ether oxygens (including phenoxy) is 1.